The SMILES string of the molecule is Cc1cnn(C[C@H]2CCCCN2C(=O)Cn2cnnn2)c1. The van der Waals surface area contributed by atoms with Gasteiger partial charge in [-0.15, -0.1) is 5.10 Å². The highest BCUT2D eigenvalue weighted by Crippen LogP contribution is 2.19. The van der Waals surface area contributed by atoms with Crippen LogP contribution >= 0.6 is 0 Å². The number of tetrazole rings is 1. The molecule has 0 aromatic carbocycles. The minimum atomic E-state index is 0.0656. The largest absolute Gasteiger partial charge is 0.336 e. The van der Waals surface area contributed by atoms with Gasteiger partial charge in [0.15, 0.2) is 0 Å². The summed E-state index contributed by atoms with van der Waals surface area (Å²) >= 11 is 0. The van der Waals surface area contributed by atoms with Crippen LogP contribution in [0.2, 0.25) is 0 Å². The van der Waals surface area contributed by atoms with E-state index >= 15 is 0 Å². The number of hydrogen-bond acceptors (Lipinski definition) is 5. The average molecular weight is 289 g/mol. The second kappa shape index (κ2) is 6.02. The zero-order valence-corrected chi connectivity index (χ0v) is 12.1. The Morgan fingerprint density at radius 2 is 2.29 bits per heavy atom. The van der Waals surface area contributed by atoms with Crippen molar-refractivity contribution in [1.29, 1.82) is 0 Å². The van der Waals surface area contributed by atoms with Crippen molar-refractivity contribution in [2.24, 2.45) is 0 Å². The number of aryl methyl sites for hydroxylation is 1. The molecule has 2 aromatic heterocycles. The minimum absolute atomic E-state index is 0.0656. The third-order valence-electron chi connectivity index (χ3n) is 3.80. The zero-order chi connectivity index (χ0) is 14.7. The molecule has 3 rings (SSSR count). The van der Waals surface area contributed by atoms with Crippen molar-refractivity contribution in [1.82, 2.24) is 34.9 Å². The maximum absolute atomic E-state index is 12.5. The molecular formula is C13H19N7O. The molecule has 1 aliphatic heterocycles. The van der Waals surface area contributed by atoms with Crippen LogP contribution in [0.4, 0.5) is 0 Å². The van der Waals surface area contributed by atoms with Crippen molar-refractivity contribution in [2.45, 2.75) is 45.3 Å². The van der Waals surface area contributed by atoms with E-state index in [1.165, 1.54) is 11.0 Å². The first-order valence-electron chi connectivity index (χ1n) is 7.21. The maximum atomic E-state index is 12.5. The van der Waals surface area contributed by atoms with Crippen LogP contribution in [0.25, 0.3) is 0 Å². The molecule has 0 radical (unpaired) electrons. The smallest absolute Gasteiger partial charge is 0.244 e. The van der Waals surface area contributed by atoms with Gasteiger partial charge in [0.25, 0.3) is 0 Å². The van der Waals surface area contributed by atoms with E-state index in [-0.39, 0.29) is 18.5 Å². The van der Waals surface area contributed by atoms with Gasteiger partial charge >= 0.3 is 0 Å². The summed E-state index contributed by atoms with van der Waals surface area (Å²) < 4.78 is 3.38. The fraction of sp³-hybridized carbons (Fsp3) is 0.615. The molecule has 112 valence electrons. The van der Waals surface area contributed by atoms with Gasteiger partial charge in [-0.2, -0.15) is 5.10 Å². The Morgan fingerprint density at radius 1 is 1.38 bits per heavy atom. The Labute approximate surface area is 122 Å². The monoisotopic (exact) mass is 289 g/mol. The lowest BCUT2D eigenvalue weighted by molar-refractivity contribution is -0.136. The van der Waals surface area contributed by atoms with Gasteiger partial charge in [0.2, 0.25) is 5.91 Å². The van der Waals surface area contributed by atoms with Crippen LogP contribution in [0.15, 0.2) is 18.7 Å². The quantitative estimate of drug-likeness (QED) is 0.806. The number of rotatable bonds is 4. The number of likely N-dealkylation sites (tertiary alicyclic amines) is 1. The van der Waals surface area contributed by atoms with Crippen molar-refractivity contribution in [3.8, 4) is 0 Å². The number of amides is 1. The van der Waals surface area contributed by atoms with Crippen LogP contribution in [-0.2, 0) is 17.9 Å². The molecule has 0 aliphatic carbocycles. The Morgan fingerprint density at radius 3 is 3.00 bits per heavy atom. The van der Waals surface area contributed by atoms with E-state index in [4.69, 9.17) is 0 Å². The summed E-state index contributed by atoms with van der Waals surface area (Å²) in [6.45, 7) is 3.76. The Kier molecular flexibility index (Phi) is 3.94. The second-order valence-electron chi connectivity index (χ2n) is 5.48. The van der Waals surface area contributed by atoms with E-state index in [2.05, 4.69) is 20.6 Å². The molecule has 8 heteroatoms. The molecule has 2 aromatic rings. The van der Waals surface area contributed by atoms with Crippen molar-refractivity contribution < 1.29 is 4.79 Å². The lowest BCUT2D eigenvalue weighted by Crippen LogP contribution is -2.47. The maximum Gasteiger partial charge on any atom is 0.244 e. The highest BCUT2D eigenvalue weighted by atomic mass is 16.2. The standard InChI is InChI=1S/C13H19N7O/c1-11-6-15-18(7-11)8-12-4-2-3-5-20(12)13(21)9-19-10-14-16-17-19/h6-7,10,12H,2-5,8-9H2,1H3/t12-/m1/s1. The molecule has 3 heterocycles. The third kappa shape index (κ3) is 3.26. The van der Waals surface area contributed by atoms with E-state index in [1.807, 2.05) is 28.9 Å². The van der Waals surface area contributed by atoms with Crippen molar-refractivity contribution in [2.75, 3.05) is 6.54 Å². The molecule has 1 amide bonds. The topological polar surface area (TPSA) is 81.7 Å². The van der Waals surface area contributed by atoms with Crippen LogP contribution in [0.5, 0.6) is 0 Å². The molecule has 0 spiro atoms. The molecule has 0 saturated carbocycles. The lowest BCUT2D eigenvalue weighted by atomic mass is 10.0. The summed E-state index contributed by atoms with van der Waals surface area (Å²) in [5.41, 5.74) is 1.14. The second-order valence-corrected chi connectivity index (χ2v) is 5.48. The molecule has 1 atom stereocenters. The van der Waals surface area contributed by atoms with Gasteiger partial charge in [-0.3, -0.25) is 9.48 Å². The highest BCUT2D eigenvalue weighted by Gasteiger charge is 2.27. The molecule has 1 aliphatic rings. The van der Waals surface area contributed by atoms with E-state index in [1.54, 1.807) is 0 Å². The molecule has 8 nitrogen and oxygen atoms in total. The first-order chi connectivity index (χ1) is 10.2. The predicted molar refractivity (Wildman–Crippen MR) is 74.1 cm³/mol. The number of carbonyl (C=O) groups is 1. The van der Waals surface area contributed by atoms with Gasteiger partial charge in [0, 0.05) is 12.7 Å². The van der Waals surface area contributed by atoms with Gasteiger partial charge in [0.05, 0.1) is 18.8 Å². The molecule has 1 saturated heterocycles. The van der Waals surface area contributed by atoms with Crippen molar-refractivity contribution in [3.63, 3.8) is 0 Å². The van der Waals surface area contributed by atoms with Gasteiger partial charge in [-0.1, -0.05) is 0 Å². The van der Waals surface area contributed by atoms with Gasteiger partial charge in [-0.25, -0.2) is 4.68 Å². The first-order valence-corrected chi connectivity index (χ1v) is 7.21. The number of aromatic nitrogens is 6. The van der Waals surface area contributed by atoms with E-state index < -0.39 is 0 Å². The van der Waals surface area contributed by atoms with Crippen LogP contribution in [-0.4, -0.2) is 53.4 Å². The Balaban J connectivity index is 1.67. The Bertz CT molecular complexity index is 591. The summed E-state index contributed by atoms with van der Waals surface area (Å²) in [6.07, 6.45) is 8.54. The number of carbonyl (C=O) groups excluding carboxylic acids is 1. The fourth-order valence-electron chi connectivity index (χ4n) is 2.78. The van der Waals surface area contributed by atoms with Gasteiger partial charge in [0.1, 0.15) is 12.9 Å². The molecule has 21 heavy (non-hydrogen) atoms. The fourth-order valence-corrected chi connectivity index (χ4v) is 2.78. The highest BCUT2D eigenvalue weighted by molar-refractivity contribution is 5.76. The molecule has 0 bridgehead atoms. The van der Waals surface area contributed by atoms with E-state index in [9.17, 15) is 4.79 Å². The molecule has 0 unspecified atom stereocenters. The number of hydrogen-bond donors (Lipinski definition) is 0. The van der Waals surface area contributed by atoms with E-state index in [0.29, 0.717) is 0 Å². The van der Waals surface area contributed by atoms with Crippen LogP contribution in [0.1, 0.15) is 24.8 Å². The number of nitrogens with zero attached hydrogens (tertiary/aromatic N) is 7. The average Bonchev–Trinajstić information content (AvgIpc) is 3.11. The summed E-state index contributed by atoms with van der Waals surface area (Å²) in [5, 5.41) is 15.2. The normalized spacial score (nSPS) is 18.9. The summed E-state index contributed by atoms with van der Waals surface area (Å²) in [5.74, 6) is 0.0656. The predicted octanol–water partition coefficient (Wildman–Crippen LogP) is 0.259. The summed E-state index contributed by atoms with van der Waals surface area (Å²) in [6, 6.07) is 0.196. The zero-order valence-electron chi connectivity index (χ0n) is 12.1. The third-order valence-corrected chi connectivity index (χ3v) is 3.80. The Hall–Kier alpha value is -2.25. The summed E-state index contributed by atoms with van der Waals surface area (Å²) in [7, 11) is 0. The van der Waals surface area contributed by atoms with Gasteiger partial charge < -0.3 is 4.90 Å². The van der Waals surface area contributed by atoms with E-state index in [0.717, 1.165) is 37.9 Å². The van der Waals surface area contributed by atoms with Crippen molar-refractivity contribution >= 4 is 5.91 Å². The van der Waals surface area contributed by atoms with Crippen LogP contribution in [0.3, 0.4) is 0 Å². The van der Waals surface area contributed by atoms with Crippen LogP contribution in [0, 0.1) is 6.92 Å². The van der Waals surface area contributed by atoms with Crippen LogP contribution < -0.4 is 0 Å². The number of piperidine rings is 1. The summed E-state index contributed by atoms with van der Waals surface area (Å²) in [4.78, 5) is 14.4. The molecular weight excluding hydrogens is 270 g/mol. The first kappa shape index (κ1) is 13.7. The lowest BCUT2D eigenvalue weighted by Gasteiger charge is -2.35. The van der Waals surface area contributed by atoms with Gasteiger partial charge in [-0.05, 0) is 42.2 Å². The molecule has 1 fully saturated rings. The minimum Gasteiger partial charge on any atom is -0.336 e. The van der Waals surface area contributed by atoms with Crippen molar-refractivity contribution in [3.05, 3.63) is 24.3 Å². The molecule has 0 N–H and O–H groups in total.